The molecule has 0 aliphatic rings. The van der Waals surface area contributed by atoms with E-state index in [1.54, 1.807) is 0 Å². The van der Waals surface area contributed by atoms with Gasteiger partial charge in [0.25, 0.3) is 0 Å². The summed E-state index contributed by atoms with van der Waals surface area (Å²) < 4.78 is 45.1. The van der Waals surface area contributed by atoms with Crippen LogP contribution in [0.15, 0.2) is 18.2 Å². The van der Waals surface area contributed by atoms with Gasteiger partial charge in [0, 0.05) is 30.4 Å². The molecule has 0 unspecified atom stereocenters. The van der Waals surface area contributed by atoms with Gasteiger partial charge in [-0.3, -0.25) is 0 Å². The minimum absolute atomic E-state index is 0.0347. The maximum atomic E-state index is 13.7. The Labute approximate surface area is 158 Å². The van der Waals surface area contributed by atoms with Crippen LogP contribution in [0.25, 0.3) is 0 Å². The van der Waals surface area contributed by atoms with Crippen LogP contribution >= 0.6 is 0 Å². The van der Waals surface area contributed by atoms with Crippen LogP contribution in [0.3, 0.4) is 0 Å². The zero-order valence-electron chi connectivity index (χ0n) is 17.0. The summed E-state index contributed by atoms with van der Waals surface area (Å²) in [6, 6.07) is 4.51. The van der Waals surface area contributed by atoms with Gasteiger partial charge < -0.3 is 13.3 Å². The van der Waals surface area contributed by atoms with Crippen LogP contribution in [0.4, 0.5) is 8.78 Å². The van der Waals surface area contributed by atoms with Gasteiger partial charge in [-0.1, -0.05) is 12.5 Å². The van der Waals surface area contributed by atoms with Crippen molar-refractivity contribution in [1.29, 1.82) is 0 Å². The zero-order chi connectivity index (χ0) is 19.7. The van der Waals surface area contributed by atoms with Crippen molar-refractivity contribution in [3.8, 4) is 0 Å². The number of rotatable bonds is 12. The average molecular weight is 389 g/mol. The Balaban J connectivity index is 2.58. The molecular formula is C20H34F2O3Si. The minimum Gasteiger partial charge on any atom is -0.371 e. The van der Waals surface area contributed by atoms with Crippen LogP contribution in [0.1, 0.15) is 66.4 Å². The third-order valence-electron chi connectivity index (χ3n) is 3.69. The van der Waals surface area contributed by atoms with Gasteiger partial charge in [-0.2, -0.15) is 0 Å². The molecule has 6 heteroatoms. The van der Waals surface area contributed by atoms with Crippen LogP contribution in [-0.4, -0.2) is 27.1 Å². The molecule has 0 N–H and O–H groups in total. The number of halogens is 2. The highest BCUT2D eigenvalue weighted by molar-refractivity contribution is 6.60. The lowest BCUT2D eigenvalue weighted by Gasteiger charge is -2.34. The molecule has 0 aliphatic heterocycles. The molecule has 0 spiro atoms. The first-order valence-corrected chi connectivity index (χ1v) is 11.5. The topological polar surface area (TPSA) is 27.7 Å². The molecule has 0 heterocycles. The molecule has 0 amide bonds. The third kappa shape index (κ3) is 8.71. The molecule has 0 fully saturated rings. The predicted molar refractivity (Wildman–Crippen MR) is 103 cm³/mol. The molecular weight excluding hydrogens is 354 g/mol. The highest BCUT2D eigenvalue weighted by Crippen LogP contribution is 2.25. The van der Waals surface area contributed by atoms with E-state index in [9.17, 15) is 8.78 Å². The van der Waals surface area contributed by atoms with E-state index >= 15 is 0 Å². The van der Waals surface area contributed by atoms with E-state index in [4.69, 9.17) is 13.3 Å². The molecule has 0 aliphatic carbocycles. The predicted octanol–water partition coefficient (Wildman–Crippen LogP) is 5.89. The van der Waals surface area contributed by atoms with E-state index in [1.807, 2.05) is 41.5 Å². The maximum absolute atomic E-state index is 13.7. The average Bonchev–Trinajstić information content (AvgIpc) is 2.46. The summed E-state index contributed by atoms with van der Waals surface area (Å²) in [6.45, 7) is 12.0. The van der Waals surface area contributed by atoms with Gasteiger partial charge in [-0.15, -0.1) is 0 Å². The molecule has 0 saturated carbocycles. The number of aryl methyl sites for hydroxylation is 1. The Morgan fingerprint density at radius 2 is 1.35 bits per heavy atom. The lowest BCUT2D eigenvalue weighted by molar-refractivity contribution is 0.00278. The molecule has 150 valence electrons. The summed E-state index contributed by atoms with van der Waals surface area (Å²) in [5.74, 6) is -1.01. The van der Waals surface area contributed by atoms with Gasteiger partial charge in [0.1, 0.15) is 11.6 Å². The van der Waals surface area contributed by atoms with Gasteiger partial charge in [0.2, 0.25) is 0 Å². The van der Waals surface area contributed by atoms with Crippen LogP contribution < -0.4 is 0 Å². The lowest BCUT2D eigenvalue weighted by Crippen LogP contribution is -2.50. The molecule has 1 aromatic carbocycles. The number of unbranched alkanes of at least 4 members (excludes halogenated alkanes) is 2. The van der Waals surface area contributed by atoms with E-state index in [0.717, 1.165) is 31.4 Å². The van der Waals surface area contributed by atoms with Gasteiger partial charge in [0.05, 0.1) is 0 Å². The second-order valence-corrected chi connectivity index (χ2v) is 10.1. The van der Waals surface area contributed by atoms with Gasteiger partial charge >= 0.3 is 8.80 Å². The van der Waals surface area contributed by atoms with Crippen molar-refractivity contribution in [2.75, 3.05) is 0 Å². The summed E-state index contributed by atoms with van der Waals surface area (Å²) >= 11 is 0. The van der Waals surface area contributed by atoms with Crippen molar-refractivity contribution in [2.45, 2.75) is 91.6 Å². The second kappa shape index (κ2) is 11.1. The zero-order valence-corrected chi connectivity index (χ0v) is 18.0. The number of hydrogen-bond donors (Lipinski definition) is 0. The maximum Gasteiger partial charge on any atom is 0.501 e. The molecule has 1 aromatic rings. The molecule has 26 heavy (non-hydrogen) atoms. The molecule has 3 nitrogen and oxygen atoms in total. The van der Waals surface area contributed by atoms with Crippen molar-refractivity contribution >= 4 is 8.80 Å². The molecule has 0 atom stereocenters. The fourth-order valence-corrected chi connectivity index (χ4v) is 6.25. The molecule has 0 radical (unpaired) electrons. The summed E-state index contributed by atoms with van der Waals surface area (Å²) in [4.78, 5) is 0. The van der Waals surface area contributed by atoms with Crippen molar-refractivity contribution in [3.63, 3.8) is 0 Å². The number of benzene rings is 1. The summed E-state index contributed by atoms with van der Waals surface area (Å²) in [6.07, 6.45) is 3.34. The summed E-state index contributed by atoms with van der Waals surface area (Å²) in [5, 5.41) is 0. The molecule has 0 bridgehead atoms. The van der Waals surface area contributed by atoms with Crippen LogP contribution in [0.5, 0.6) is 0 Å². The highest BCUT2D eigenvalue weighted by Gasteiger charge is 2.43. The minimum atomic E-state index is -2.76. The Morgan fingerprint density at radius 1 is 0.808 bits per heavy atom. The van der Waals surface area contributed by atoms with Crippen LogP contribution in [0.2, 0.25) is 6.04 Å². The largest absolute Gasteiger partial charge is 0.501 e. The van der Waals surface area contributed by atoms with E-state index in [-0.39, 0.29) is 18.3 Å². The normalized spacial score (nSPS) is 12.6. The van der Waals surface area contributed by atoms with Gasteiger partial charge in [-0.25, -0.2) is 8.78 Å². The summed E-state index contributed by atoms with van der Waals surface area (Å²) in [5.41, 5.74) is 0.560. The first kappa shape index (κ1) is 23.2. The van der Waals surface area contributed by atoms with Gasteiger partial charge in [-0.05, 0) is 72.4 Å². The fourth-order valence-electron chi connectivity index (χ4n) is 2.90. The fraction of sp³-hybridized carbons (Fsp3) is 0.700. The van der Waals surface area contributed by atoms with Crippen LogP contribution in [-0.2, 0) is 19.7 Å². The Bertz CT molecular complexity index is 509. The van der Waals surface area contributed by atoms with Crippen LogP contribution in [0, 0.1) is 11.6 Å². The highest BCUT2D eigenvalue weighted by atomic mass is 28.4. The molecule has 0 saturated heterocycles. The van der Waals surface area contributed by atoms with E-state index in [0.29, 0.717) is 12.0 Å². The quantitative estimate of drug-likeness (QED) is 0.330. The smallest absolute Gasteiger partial charge is 0.371 e. The Kier molecular flexibility index (Phi) is 9.93. The van der Waals surface area contributed by atoms with Crippen molar-refractivity contribution < 1.29 is 22.1 Å². The number of hydrogen-bond acceptors (Lipinski definition) is 3. The monoisotopic (exact) mass is 388 g/mol. The molecule has 0 aromatic heterocycles. The van der Waals surface area contributed by atoms with Crippen molar-refractivity contribution in [1.82, 2.24) is 0 Å². The first-order chi connectivity index (χ1) is 12.1. The van der Waals surface area contributed by atoms with Crippen molar-refractivity contribution in [3.05, 3.63) is 35.4 Å². The SMILES string of the molecule is CC(C)O[Si](CCCCCc1ccc(F)cc1F)(OC(C)C)OC(C)C. The standard InChI is InChI=1S/C20H34F2O3Si/c1-15(2)23-26(24-16(3)4,25-17(5)6)13-9-7-8-10-18-11-12-19(21)14-20(18)22/h11-12,14-17H,7-10,13H2,1-6H3. The summed E-state index contributed by atoms with van der Waals surface area (Å²) in [7, 11) is -2.76. The lowest BCUT2D eigenvalue weighted by atomic mass is 10.1. The van der Waals surface area contributed by atoms with E-state index < -0.39 is 20.4 Å². The van der Waals surface area contributed by atoms with E-state index in [1.165, 1.54) is 12.1 Å². The second-order valence-electron chi connectivity index (χ2n) is 7.48. The first-order valence-electron chi connectivity index (χ1n) is 9.61. The Morgan fingerprint density at radius 3 is 1.81 bits per heavy atom. The van der Waals surface area contributed by atoms with Crippen molar-refractivity contribution in [2.24, 2.45) is 0 Å². The van der Waals surface area contributed by atoms with E-state index in [2.05, 4.69) is 0 Å². The molecule has 1 rings (SSSR count). The van der Waals surface area contributed by atoms with Gasteiger partial charge in [0.15, 0.2) is 0 Å². The Hall–Kier alpha value is -0.823. The third-order valence-corrected chi connectivity index (χ3v) is 7.15.